The summed E-state index contributed by atoms with van der Waals surface area (Å²) in [6.07, 6.45) is 0.867. The molecule has 0 aromatic rings. The Morgan fingerprint density at radius 2 is 1.93 bits per heavy atom. The van der Waals surface area contributed by atoms with Crippen LogP contribution in [0.4, 0.5) is 0 Å². The molecule has 3 atom stereocenters. The van der Waals surface area contributed by atoms with Gasteiger partial charge in [-0.05, 0) is 19.3 Å². The van der Waals surface area contributed by atoms with Crippen molar-refractivity contribution in [1.82, 2.24) is 0 Å². The van der Waals surface area contributed by atoms with Gasteiger partial charge in [-0.25, -0.2) is 0 Å². The molecule has 0 saturated carbocycles. The second-order valence-corrected chi connectivity index (χ2v) is 6.05. The minimum absolute atomic E-state index is 0.0679. The van der Waals surface area contributed by atoms with Gasteiger partial charge in [0.15, 0.2) is 0 Å². The normalized spacial score (nSPS) is 17.7. The summed E-state index contributed by atoms with van der Waals surface area (Å²) in [5.74, 6) is 1.16. The largest absolute Gasteiger partial charge is 0.377 e. The van der Waals surface area contributed by atoms with Crippen LogP contribution in [0.25, 0.3) is 0 Å². The molecule has 3 nitrogen and oxygen atoms in total. The third-order valence-electron chi connectivity index (χ3n) is 2.66. The van der Waals surface area contributed by atoms with Crippen LogP contribution in [0.5, 0.6) is 0 Å². The number of rotatable bonds is 8. The second-order valence-electron chi connectivity index (χ2n) is 4.14. The van der Waals surface area contributed by atoms with Crippen LogP contribution in [0.1, 0.15) is 34.1 Å². The summed E-state index contributed by atoms with van der Waals surface area (Å²) in [4.78, 5) is 0. The molecule has 0 spiro atoms. The molecule has 0 aliphatic carbocycles. The van der Waals surface area contributed by atoms with Crippen LogP contribution in [-0.4, -0.2) is 34.5 Å². The van der Waals surface area contributed by atoms with Crippen LogP contribution >= 0.6 is 0 Å². The van der Waals surface area contributed by atoms with Gasteiger partial charge in [0.05, 0.1) is 6.10 Å². The Morgan fingerprint density at radius 1 is 1.33 bits per heavy atom. The molecular weight excluding hydrogens is 210 g/mol. The van der Waals surface area contributed by atoms with Gasteiger partial charge in [-0.3, -0.25) is 4.21 Å². The quantitative estimate of drug-likeness (QED) is 0.694. The van der Waals surface area contributed by atoms with E-state index in [0.717, 1.165) is 6.42 Å². The van der Waals surface area contributed by atoms with Gasteiger partial charge in [0.2, 0.25) is 0 Å². The van der Waals surface area contributed by atoms with Crippen LogP contribution in [0, 0.1) is 5.92 Å². The van der Waals surface area contributed by atoms with Gasteiger partial charge >= 0.3 is 0 Å². The Labute approximate surface area is 96.2 Å². The van der Waals surface area contributed by atoms with Crippen molar-refractivity contribution >= 4 is 10.8 Å². The van der Waals surface area contributed by atoms with Gasteiger partial charge in [-0.1, -0.05) is 20.8 Å². The molecule has 4 heteroatoms. The zero-order valence-corrected chi connectivity index (χ0v) is 11.2. The first-order valence-electron chi connectivity index (χ1n) is 5.71. The molecule has 0 aliphatic rings. The van der Waals surface area contributed by atoms with Crippen molar-refractivity contribution in [2.45, 2.75) is 45.5 Å². The third-order valence-corrected chi connectivity index (χ3v) is 4.67. The molecule has 0 bridgehead atoms. The highest BCUT2D eigenvalue weighted by atomic mass is 32.2. The van der Waals surface area contributed by atoms with Gasteiger partial charge in [-0.2, -0.15) is 0 Å². The van der Waals surface area contributed by atoms with E-state index in [1.54, 1.807) is 0 Å². The second kappa shape index (κ2) is 8.25. The first-order valence-corrected chi connectivity index (χ1v) is 7.09. The lowest BCUT2D eigenvalue weighted by molar-refractivity contribution is 0.0672. The molecule has 0 saturated heterocycles. The fourth-order valence-corrected chi connectivity index (χ4v) is 2.72. The number of nitrogens with two attached hydrogens (primary N) is 1. The van der Waals surface area contributed by atoms with Crippen molar-refractivity contribution in [2.75, 3.05) is 18.9 Å². The van der Waals surface area contributed by atoms with Crippen LogP contribution in [0.15, 0.2) is 0 Å². The van der Waals surface area contributed by atoms with Crippen molar-refractivity contribution < 1.29 is 8.95 Å². The van der Waals surface area contributed by atoms with Crippen molar-refractivity contribution in [3.05, 3.63) is 0 Å². The van der Waals surface area contributed by atoms with E-state index in [1.165, 1.54) is 0 Å². The summed E-state index contributed by atoms with van der Waals surface area (Å²) in [6.45, 7) is 9.39. The summed E-state index contributed by atoms with van der Waals surface area (Å²) in [7, 11) is -0.756. The summed E-state index contributed by atoms with van der Waals surface area (Å²) in [5.41, 5.74) is 5.56. The van der Waals surface area contributed by atoms with E-state index in [-0.39, 0.29) is 11.4 Å². The molecule has 0 rings (SSSR count). The van der Waals surface area contributed by atoms with Gasteiger partial charge < -0.3 is 10.5 Å². The van der Waals surface area contributed by atoms with Crippen molar-refractivity contribution in [2.24, 2.45) is 11.7 Å². The third kappa shape index (κ3) is 6.28. The van der Waals surface area contributed by atoms with E-state index in [4.69, 9.17) is 10.5 Å². The minimum atomic E-state index is -0.756. The maximum absolute atomic E-state index is 11.8. The van der Waals surface area contributed by atoms with Crippen LogP contribution in [-0.2, 0) is 15.5 Å². The summed E-state index contributed by atoms with van der Waals surface area (Å²) < 4.78 is 17.2. The molecule has 0 aromatic heterocycles. The molecule has 92 valence electrons. The highest BCUT2D eigenvalue weighted by molar-refractivity contribution is 7.85. The fourth-order valence-electron chi connectivity index (χ4n) is 1.24. The van der Waals surface area contributed by atoms with Gasteiger partial charge in [-0.15, -0.1) is 0 Å². The maximum Gasteiger partial charge on any atom is 0.0705 e. The Hall–Kier alpha value is 0.0700. The molecule has 0 aromatic carbocycles. The summed E-state index contributed by atoms with van der Waals surface area (Å²) >= 11 is 0. The van der Waals surface area contributed by atoms with Crippen LogP contribution < -0.4 is 5.73 Å². The highest BCUT2D eigenvalue weighted by Gasteiger charge is 2.16. The van der Waals surface area contributed by atoms with Gasteiger partial charge in [0.1, 0.15) is 0 Å². The van der Waals surface area contributed by atoms with Crippen LogP contribution in [0.2, 0.25) is 0 Å². The molecule has 2 N–H and O–H groups in total. The zero-order chi connectivity index (χ0) is 11.8. The zero-order valence-electron chi connectivity index (χ0n) is 10.4. The predicted molar refractivity (Wildman–Crippen MR) is 66.4 cm³/mol. The maximum atomic E-state index is 11.8. The SMILES string of the molecule is CCOC(CN)CCS(=O)C(C)C(C)C. The van der Waals surface area contributed by atoms with E-state index >= 15 is 0 Å². The molecule has 15 heavy (non-hydrogen) atoms. The fraction of sp³-hybridized carbons (Fsp3) is 1.00. The highest BCUT2D eigenvalue weighted by Crippen LogP contribution is 2.10. The minimum Gasteiger partial charge on any atom is -0.377 e. The van der Waals surface area contributed by atoms with E-state index in [1.807, 2.05) is 13.8 Å². The Balaban J connectivity index is 3.87. The van der Waals surface area contributed by atoms with Crippen molar-refractivity contribution in [1.29, 1.82) is 0 Å². The number of hydrogen-bond donors (Lipinski definition) is 1. The van der Waals surface area contributed by atoms with Gasteiger partial charge in [0.25, 0.3) is 0 Å². The molecule has 0 heterocycles. The average molecular weight is 235 g/mol. The molecule has 3 unspecified atom stereocenters. The van der Waals surface area contributed by atoms with E-state index in [0.29, 0.717) is 24.8 Å². The van der Waals surface area contributed by atoms with Crippen LogP contribution in [0.3, 0.4) is 0 Å². The van der Waals surface area contributed by atoms with Gasteiger partial charge in [0, 0.05) is 35.0 Å². The first-order chi connectivity index (χ1) is 7.02. The van der Waals surface area contributed by atoms with Crippen molar-refractivity contribution in [3.63, 3.8) is 0 Å². The van der Waals surface area contributed by atoms with E-state index < -0.39 is 10.8 Å². The summed E-state index contributed by atoms with van der Waals surface area (Å²) in [5, 5.41) is 0.255. The lowest BCUT2D eigenvalue weighted by atomic mass is 10.2. The van der Waals surface area contributed by atoms with E-state index in [9.17, 15) is 4.21 Å². The van der Waals surface area contributed by atoms with Crippen molar-refractivity contribution in [3.8, 4) is 0 Å². The molecule has 0 radical (unpaired) electrons. The lowest BCUT2D eigenvalue weighted by Gasteiger charge is -2.18. The molecule has 0 fully saturated rings. The van der Waals surface area contributed by atoms with E-state index in [2.05, 4.69) is 13.8 Å². The molecule has 0 amide bonds. The number of ether oxygens (including phenoxy) is 1. The standard InChI is InChI=1S/C11H25NO2S/c1-5-14-11(8-12)6-7-15(13)10(4)9(2)3/h9-11H,5-8,12H2,1-4H3. The topological polar surface area (TPSA) is 52.3 Å². The first kappa shape index (κ1) is 15.1. The average Bonchev–Trinajstić information content (AvgIpc) is 2.22. The summed E-state index contributed by atoms with van der Waals surface area (Å²) in [6, 6.07) is 0. The molecule has 0 aliphatic heterocycles. The Bertz CT molecular complexity index is 185. The Kier molecular flexibility index (Phi) is 8.29. The number of hydrogen-bond acceptors (Lipinski definition) is 3. The molecular formula is C11H25NO2S. The Morgan fingerprint density at radius 3 is 2.33 bits per heavy atom. The smallest absolute Gasteiger partial charge is 0.0705 e. The predicted octanol–water partition coefficient (Wildman–Crippen LogP) is 1.53. The lowest BCUT2D eigenvalue weighted by Crippen LogP contribution is -2.28. The monoisotopic (exact) mass is 235 g/mol.